The van der Waals surface area contributed by atoms with Crippen LogP contribution < -0.4 is 5.32 Å². The highest BCUT2D eigenvalue weighted by atomic mass is 32.2. The fourth-order valence-electron chi connectivity index (χ4n) is 2.26. The SMILES string of the molecule is COCCSc1ccc(C(C)Nc2ncnc3nc[nH]c23)cc1. The average molecular weight is 329 g/mol. The summed E-state index contributed by atoms with van der Waals surface area (Å²) in [6.45, 7) is 2.87. The molecule has 3 rings (SSSR count). The maximum Gasteiger partial charge on any atom is 0.182 e. The Morgan fingerprint density at radius 2 is 2.04 bits per heavy atom. The molecule has 0 fully saturated rings. The van der Waals surface area contributed by atoms with E-state index < -0.39 is 0 Å². The summed E-state index contributed by atoms with van der Waals surface area (Å²) in [5.74, 6) is 1.72. The molecule has 2 N–H and O–H groups in total. The second-order valence-electron chi connectivity index (χ2n) is 5.10. The fourth-order valence-corrected chi connectivity index (χ4v) is 3.07. The summed E-state index contributed by atoms with van der Waals surface area (Å²) in [6, 6.07) is 8.68. The number of aromatic nitrogens is 4. The van der Waals surface area contributed by atoms with Gasteiger partial charge in [-0.05, 0) is 24.6 Å². The van der Waals surface area contributed by atoms with Gasteiger partial charge in [-0.2, -0.15) is 0 Å². The van der Waals surface area contributed by atoms with Gasteiger partial charge in [-0.3, -0.25) is 0 Å². The minimum absolute atomic E-state index is 0.134. The molecular formula is C16H19N5OS. The van der Waals surface area contributed by atoms with Crippen LogP contribution in [0.25, 0.3) is 11.2 Å². The topological polar surface area (TPSA) is 75.7 Å². The minimum atomic E-state index is 0.134. The number of methoxy groups -OCH3 is 1. The predicted molar refractivity (Wildman–Crippen MR) is 92.8 cm³/mol. The first-order valence-corrected chi connectivity index (χ1v) is 8.39. The Labute approximate surface area is 139 Å². The highest BCUT2D eigenvalue weighted by Crippen LogP contribution is 2.24. The number of ether oxygens (including phenoxy) is 1. The van der Waals surface area contributed by atoms with Crippen molar-refractivity contribution in [3.05, 3.63) is 42.5 Å². The van der Waals surface area contributed by atoms with Crippen molar-refractivity contribution < 1.29 is 4.74 Å². The van der Waals surface area contributed by atoms with E-state index in [1.54, 1.807) is 25.2 Å². The van der Waals surface area contributed by atoms with Gasteiger partial charge in [0.25, 0.3) is 0 Å². The predicted octanol–water partition coefficient (Wildman–Crippen LogP) is 3.26. The maximum absolute atomic E-state index is 5.07. The largest absolute Gasteiger partial charge is 0.384 e. The van der Waals surface area contributed by atoms with Crippen LogP contribution in [0.3, 0.4) is 0 Å². The molecule has 1 aromatic carbocycles. The number of imidazole rings is 1. The lowest BCUT2D eigenvalue weighted by atomic mass is 10.1. The van der Waals surface area contributed by atoms with Crippen molar-refractivity contribution in [2.24, 2.45) is 0 Å². The molecule has 0 saturated heterocycles. The number of rotatable bonds is 7. The number of hydrogen-bond acceptors (Lipinski definition) is 6. The number of fused-ring (bicyclic) bond motifs is 1. The number of anilines is 1. The molecule has 0 saturated carbocycles. The van der Waals surface area contributed by atoms with Crippen molar-refractivity contribution in [3.8, 4) is 0 Å². The van der Waals surface area contributed by atoms with Gasteiger partial charge in [0.1, 0.15) is 11.8 Å². The van der Waals surface area contributed by atoms with Crippen molar-refractivity contribution >= 4 is 28.7 Å². The van der Waals surface area contributed by atoms with Gasteiger partial charge in [0, 0.05) is 17.8 Å². The molecule has 7 heteroatoms. The highest BCUT2D eigenvalue weighted by molar-refractivity contribution is 7.99. The summed E-state index contributed by atoms with van der Waals surface area (Å²) in [6.07, 6.45) is 3.15. The highest BCUT2D eigenvalue weighted by Gasteiger charge is 2.10. The van der Waals surface area contributed by atoms with Gasteiger partial charge in [0.15, 0.2) is 11.5 Å². The minimum Gasteiger partial charge on any atom is -0.384 e. The van der Waals surface area contributed by atoms with E-state index in [2.05, 4.69) is 56.4 Å². The van der Waals surface area contributed by atoms with Crippen LogP contribution in [0, 0.1) is 0 Å². The molecule has 6 nitrogen and oxygen atoms in total. The summed E-state index contributed by atoms with van der Waals surface area (Å²) in [7, 11) is 1.72. The van der Waals surface area contributed by atoms with E-state index in [1.807, 2.05) is 0 Å². The molecule has 1 unspecified atom stereocenters. The standard InChI is InChI=1S/C16H19N5OS/c1-11(12-3-5-13(6-4-12)23-8-7-22-2)21-16-14-15(18-9-17-14)19-10-20-16/h3-6,9-11H,7-8H2,1-2H3,(H2,17,18,19,20,21). The monoisotopic (exact) mass is 329 g/mol. The van der Waals surface area contributed by atoms with E-state index >= 15 is 0 Å². The van der Waals surface area contributed by atoms with Gasteiger partial charge >= 0.3 is 0 Å². The lowest BCUT2D eigenvalue weighted by Gasteiger charge is -2.15. The van der Waals surface area contributed by atoms with E-state index in [0.29, 0.717) is 5.65 Å². The Bertz CT molecular complexity index is 759. The van der Waals surface area contributed by atoms with Crippen LogP contribution in [-0.4, -0.2) is 39.4 Å². The molecule has 0 bridgehead atoms. The Hall–Kier alpha value is -2.12. The van der Waals surface area contributed by atoms with E-state index in [-0.39, 0.29) is 6.04 Å². The van der Waals surface area contributed by atoms with Gasteiger partial charge in [0.05, 0.1) is 19.0 Å². The van der Waals surface area contributed by atoms with Crippen LogP contribution in [0.2, 0.25) is 0 Å². The number of hydrogen-bond donors (Lipinski definition) is 2. The van der Waals surface area contributed by atoms with Crippen LogP contribution in [0.15, 0.2) is 41.8 Å². The summed E-state index contributed by atoms with van der Waals surface area (Å²) in [5, 5.41) is 3.41. The van der Waals surface area contributed by atoms with Gasteiger partial charge in [-0.15, -0.1) is 11.8 Å². The zero-order chi connectivity index (χ0) is 16.1. The van der Waals surface area contributed by atoms with E-state index in [9.17, 15) is 0 Å². The second-order valence-corrected chi connectivity index (χ2v) is 6.27. The molecule has 120 valence electrons. The van der Waals surface area contributed by atoms with Crippen molar-refractivity contribution in [1.82, 2.24) is 19.9 Å². The molecule has 0 radical (unpaired) electrons. The zero-order valence-electron chi connectivity index (χ0n) is 13.1. The fraction of sp³-hybridized carbons (Fsp3) is 0.312. The first kappa shape index (κ1) is 15.8. The lowest BCUT2D eigenvalue weighted by molar-refractivity contribution is 0.218. The first-order valence-electron chi connectivity index (χ1n) is 7.40. The van der Waals surface area contributed by atoms with Crippen molar-refractivity contribution in [2.75, 3.05) is 24.8 Å². The van der Waals surface area contributed by atoms with Gasteiger partial charge in [0.2, 0.25) is 0 Å². The molecule has 3 aromatic rings. The molecule has 0 aliphatic heterocycles. The quantitative estimate of drug-likeness (QED) is 0.512. The number of aromatic amines is 1. The molecular weight excluding hydrogens is 310 g/mol. The average Bonchev–Trinajstić information content (AvgIpc) is 3.05. The second kappa shape index (κ2) is 7.43. The van der Waals surface area contributed by atoms with E-state index in [4.69, 9.17) is 4.74 Å². The Morgan fingerprint density at radius 3 is 2.83 bits per heavy atom. The van der Waals surface area contributed by atoms with Gasteiger partial charge in [-0.1, -0.05) is 12.1 Å². The smallest absolute Gasteiger partial charge is 0.182 e. The molecule has 2 aromatic heterocycles. The lowest BCUT2D eigenvalue weighted by Crippen LogP contribution is -2.08. The normalized spacial score (nSPS) is 12.4. The van der Waals surface area contributed by atoms with Gasteiger partial charge < -0.3 is 15.0 Å². The Morgan fingerprint density at radius 1 is 1.22 bits per heavy atom. The number of nitrogens with one attached hydrogen (secondary N) is 2. The summed E-state index contributed by atoms with van der Waals surface area (Å²) < 4.78 is 5.07. The molecule has 23 heavy (non-hydrogen) atoms. The van der Waals surface area contributed by atoms with Crippen molar-refractivity contribution in [1.29, 1.82) is 0 Å². The zero-order valence-corrected chi connectivity index (χ0v) is 13.9. The molecule has 0 amide bonds. The third-order valence-corrected chi connectivity index (χ3v) is 4.49. The number of nitrogens with zero attached hydrogens (tertiary/aromatic N) is 3. The van der Waals surface area contributed by atoms with E-state index in [1.165, 1.54) is 16.8 Å². The van der Waals surface area contributed by atoms with Crippen LogP contribution >= 0.6 is 11.8 Å². The van der Waals surface area contributed by atoms with Crippen LogP contribution in [0.5, 0.6) is 0 Å². The number of H-pyrrole nitrogens is 1. The number of benzene rings is 1. The maximum atomic E-state index is 5.07. The van der Waals surface area contributed by atoms with Crippen molar-refractivity contribution in [3.63, 3.8) is 0 Å². The van der Waals surface area contributed by atoms with Crippen LogP contribution in [-0.2, 0) is 4.74 Å². The molecule has 0 spiro atoms. The Balaban J connectivity index is 1.68. The van der Waals surface area contributed by atoms with E-state index in [0.717, 1.165) is 23.7 Å². The third-order valence-electron chi connectivity index (χ3n) is 3.51. The molecule has 0 aliphatic carbocycles. The van der Waals surface area contributed by atoms with Crippen LogP contribution in [0.1, 0.15) is 18.5 Å². The Kier molecular flexibility index (Phi) is 5.09. The van der Waals surface area contributed by atoms with Crippen LogP contribution in [0.4, 0.5) is 5.82 Å². The molecule has 1 atom stereocenters. The summed E-state index contributed by atoms with van der Waals surface area (Å²) >= 11 is 1.79. The summed E-state index contributed by atoms with van der Waals surface area (Å²) in [5.41, 5.74) is 2.69. The van der Waals surface area contributed by atoms with Gasteiger partial charge in [-0.25, -0.2) is 15.0 Å². The summed E-state index contributed by atoms with van der Waals surface area (Å²) in [4.78, 5) is 16.9. The molecule has 0 aliphatic rings. The molecule has 2 heterocycles. The van der Waals surface area contributed by atoms with Crippen molar-refractivity contribution in [2.45, 2.75) is 17.9 Å². The first-order chi connectivity index (χ1) is 11.3. The third kappa shape index (κ3) is 3.80. The number of thioether (sulfide) groups is 1.